The van der Waals surface area contributed by atoms with Gasteiger partial charge in [-0.3, -0.25) is 9.52 Å². The third-order valence-corrected chi connectivity index (χ3v) is 6.35. The Hall–Kier alpha value is -2.41. The van der Waals surface area contributed by atoms with Crippen LogP contribution in [0.3, 0.4) is 0 Å². The van der Waals surface area contributed by atoms with Gasteiger partial charge in [0.1, 0.15) is 5.82 Å². The molecule has 0 aromatic heterocycles. The highest BCUT2D eigenvalue weighted by molar-refractivity contribution is 7.92. The predicted octanol–water partition coefficient (Wildman–Crippen LogP) is 3.94. The number of halogens is 1. The van der Waals surface area contributed by atoms with Gasteiger partial charge in [0.15, 0.2) is 0 Å². The quantitative estimate of drug-likeness (QED) is 0.812. The molecule has 0 radical (unpaired) electrons. The maximum Gasteiger partial charge on any atom is 0.261 e. The second-order valence-electron chi connectivity index (χ2n) is 6.95. The van der Waals surface area contributed by atoms with Crippen molar-refractivity contribution in [2.75, 3.05) is 4.72 Å². The zero-order valence-corrected chi connectivity index (χ0v) is 15.9. The van der Waals surface area contributed by atoms with E-state index < -0.39 is 15.8 Å². The molecule has 144 valence electrons. The number of carbonyl (C=O) groups excluding carboxylic acids is 1. The summed E-state index contributed by atoms with van der Waals surface area (Å²) in [6, 6.07) is 11.3. The van der Waals surface area contributed by atoms with Gasteiger partial charge < -0.3 is 5.32 Å². The van der Waals surface area contributed by atoms with Crippen molar-refractivity contribution in [3.63, 3.8) is 0 Å². The van der Waals surface area contributed by atoms with Crippen molar-refractivity contribution in [3.8, 4) is 0 Å². The summed E-state index contributed by atoms with van der Waals surface area (Å²) in [6.07, 6.45) is 4.36. The summed E-state index contributed by atoms with van der Waals surface area (Å²) in [5.41, 5.74) is 0.281. The van der Waals surface area contributed by atoms with Crippen molar-refractivity contribution in [1.29, 1.82) is 0 Å². The highest BCUT2D eigenvalue weighted by Gasteiger charge is 2.23. The van der Waals surface area contributed by atoms with Gasteiger partial charge in [-0.25, -0.2) is 12.8 Å². The van der Waals surface area contributed by atoms with Crippen LogP contribution in [0.15, 0.2) is 53.4 Å². The van der Waals surface area contributed by atoms with E-state index in [0.29, 0.717) is 11.5 Å². The first-order chi connectivity index (χ1) is 12.9. The molecular weight excluding hydrogens is 367 g/mol. The zero-order chi connectivity index (χ0) is 19.4. The third kappa shape index (κ3) is 4.66. The molecule has 27 heavy (non-hydrogen) atoms. The van der Waals surface area contributed by atoms with Gasteiger partial charge in [-0.15, -0.1) is 0 Å². The van der Waals surface area contributed by atoms with Crippen LogP contribution in [-0.2, 0) is 10.0 Å². The summed E-state index contributed by atoms with van der Waals surface area (Å²) in [4.78, 5) is 12.4. The highest BCUT2D eigenvalue weighted by atomic mass is 32.2. The minimum Gasteiger partial charge on any atom is -0.349 e. The predicted molar refractivity (Wildman–Crippen MR) is 103 cm³/mol. The minimum atomic E-state index is -3.94. The van der Waals surface area contributed by atoms with Gasteiger partial charge in [-0.05, 0) is 55.2 Å². The fourth-order valence-electron chi connectivity index (χ4n) is 3.32. The van der Waals surface area contributed by atoms with Crippen molar-refractivity contribution < 1.29 is 17.6 Å². The third-order valence-electron chi connectivity index (χ3n) is 4.97. The van der Waals surface area contributed by atoms with E-state index in [1.54, 1.807) is 6.07 Å². The smallest absolute Gasteiger partial charge is 0.261 e. The Bertz CT molecular complexity index is 913. The molecule has 0 bridgehead atoms. The van der Waals surface area contributed by atoms with E-state index in [0.717, 1.165) is 19.3 Å². The normalized spacial score (nSPS) is 20.1. The van der Waals surface area contributed by atoms with E-state index in [-0.39, 0.29) is 22.5 Å². The monoisotopic (exact) mass is 390 g/mol. The first-order valence-corrected chi connectivity index (χ1v) is 10.5. The van der Waals surface area contributed by atoms with Crippen LogP contribution in [0.25, 0.3) is 0 Å². The van der Waals surface area contributed by atoms with E-state index in [9.17, 15) is 17.6 Å². The fourth-order valence-corrected chi connectivity index (χ4v) is 4.38. The van der Waals surface area contributed by atoms with Crippen LogP contribution >= 0.6 is 0 Å². The molecule has 1 saturated carbocycles. The highest BCUT2D eigenvalue weighted by Crippen LogP contribution is 2.24. The summed E-state index contributed by atoms with van der Waals surface area (Å²) >= 11 is 0. The van der Waals surface area contributed by atoms with Crippen LogP contribution in [0.2, 0.25) is 0 Å². The van der Waals surface area contributed by atoms with E-state index in [4.69, 9.17) is 0 Å². The molecule has 0 unspecified atom stereocenters. The number of nitrogens with one attached hydrogen (secondary N) is 2. The standard InChI is InChI=1S/C20H23FN2O3S/c1-14-6-2-4-8-18(14)22-20(24)15-10-12-16(13-11-15)27(25,26)23-19-9-5-3-7-17(19)21/h3,5,7,9-14,18,23H,2,4,6,8H2,1H3,(H,22,24)/t14-,18-/m1/s1. The summed E-state index contributed by atoms with van der Waals surface area (Å²) < 4.78 is 40.7. The second kappa shape index (κ2) is 8.08. The van der Waals surface area contributed by atoms with Gasteiger partial charge in [0.05, 0.1) is 10.6 Å². The van der Waals surface area contributed by atoms with Crippen molar-refractivity contribution >= 4 is 21.6 Å². The summed E-state index contributed by atoms with van der Waals surface area (Å²) in [7, 11) is -3.94. The molecule has 0 heterocycles. The SMILES string of the molecule is C[C@@H]1CCCC[C@H]1NC(=O)c1ccc(S(=O)(=O)Nc2ccccc2F)cc1. The van der Waals surface area contributed by atoms with Crippen molar-refractivity contribution in [2.45, 2.75) is 43.5 Å². The first-order valence-electron chi connectivity index (χ1n) is 9.05. The van der Waals surface area contributed by atoms with Gasteiger partial charge >= 0.3 is 0 Å². The van der Waals surface area contributed by atoms with Crippen molar-refractivity contribution in [2.24, 2.45) is 5.92 Å². The maximum absolute atomic E-state index is 13.7. The molecule has 1 aliphatic carbocycles. The molecule has 0 aliphatic heterocycles. The average Bonchev–Trinajstić information content (AvgIpc) is 2.65. The molecule has 0 saturated heterocycles. The van der Waals surface area contributed by atoms with Crippen LogP contribution in [0, 0.1) is 11.7 Å². The first kappa shape index (κ1) is 19.4. The number of sulfonamides is 1. The van der Waals surface area contributed by atoms with Gasteiger partial charge in [0.2, 0.25) is 0 Å². The number of amides is 1. The van der Waals surface area contributed by atoms with E-state index in [1.807, 2.05) is 0 Å². The lowest BCUT2D eigenvalue weighted by atomic mass is 9.86. The Morgan fingerprint density at radius 2 is 1.70 bits per heavy atom. The molecule has 1 aliphatic rings. The van der Waals surface area contributed by atoms with Crippen LogP contribution in [-0.4, -0.2) is 20.4 Å². The lowest BCUT2D eigenvalue weighted by molar-refractivity contribution is 0.0910. The van der Waals surface area contributed by atoms with Crippen LogP contribution in [0.5, 0.6) is 0 Å². The van der Waals surface area contributed by atoms with Crippen LogP contribution in [0.4, 0.5) is 10.1 Å². The van der Waals surface area contributed by atoms with Crippen molar-refractivity contribution in [1.82, 2.24) is 5.32 Å². The molecule has 2 atom stereocenters. The largest absolute Gasteiger partial charge is 0.349 e. The Balaban J connectivity index is 1.70. The Morgan fingerprint density at radius 1 is 1.04 bits per heavy atom. The number of anilines is 1. The topological polar surface area (TPSA) is 75.3 Å². The van der Waals surface area contributed by atoms with Gasteiger partial charge in [0.25, 0.3) is 15.9 Å². The van der Waals surface area contributed by atoms with Gasteiger partial charge in [-0.1, -0.05) is 31.9 Å². The minimum absolute atomic E-state index is 0.0339. The Kier molecular flexibility index (Phi) is 5.79. The molecule has 5 nitrogen and oxygen atoms in total. The van der Waals surface area contributed by atoms with E-state index in [2.05, 4.69) is 17.0 Å². The number of rotatable bonds is 5. The molecule has 2 aromatic carbocycles. The lowest BCUT2D eigenvalue weighted by Gasteiger charge is -2.29. The lowest BCUT2D eigenvalue weighted by Crippen LogP contribution is -2.41. The summed E-state index contributed by atoms with van der Waals surface area (Å²) in [5, 5.41) is 3.04. The molecule has 2 aromatic rings. The average molecular weight is 390 g/mol. The number of hydrogen-bond acceptors (Lipinski definition) is 3. The number of hydrogen-bond donors (Lipinski definition) is 2. The molecule has 1 amide bonds. The number of para-hydroxylation sites is 1. The Labute approximate surface area is 159 Å². The molecule has 3 rings (SSSR count). The summed E-state index contributed by atoms with van der Waals surface area (Å²) in [5.74, 6) is -0.425. The molecule has 1 fully saturated rings. The fraction of sp³-hybridized carbons (Fsp3) is 0.350. The Morgan fingerprint density at radius 3 is 2.37 bits per heavy atom. The summed E-state index contributed by atoms with van der Waals surface area (Å²) in [6.45, 7) is 2.13. The molecule has 7 heteroatoms. The zero-order valence-electron chi connectivity index (χ0n) is 15.1. The molecule has 0 spiro atoms. The van der Waals surface area contributed by atoms with Crippen LogP contribution < -0.4 is 10.0 Å². The maximum atomic E-state index is 13.7. The molecule has 2 N–H and O–H groups in total. The number of carbonyl (C=O) groups is 1. The van der Waals surface area contributed by atoms with E-state index >= 15 is 0 Å². The second-order valence-corrected chi connectivity index (χ2v) is 8.63. The van der Waals surface area contributed by atoms with Crippen molar-refractivity contribution in [3.05, 3.63) is 59.9 Å². The van der Waals surface area contributed by atoms with Crippen LogP contribution in [0.1, 0.15) is 43.0 Å². The number of benzene rings is 2. The van der Waals surface area contributed by atoms with E-state index in [1.165, 1.54) is 48.9 Å². The van der Waals surface area contributed by atoms with Gasteiger partial charge in [-0.2, -0.15) is 0 Å². The van der Waals surface area contributed by atoms with Gasteiger partial charge in [0, 0.05) is 11.6 Å². The molecular formula is C20H23FN2O3S.